The summed E-state index contributed by atoms with van der Waals surface area (Å²) in [7, 11) is -3.79. The van der Waals surface area contributed by atoms with Crippen molar-refractivity contribution in [1.29, 1.82) is 0 Å². The van der Waals surface area contributed by atoms with Gasteiger partial charge in [-0.25, -0.2) is 17.6 Å². The van der Waals surface area contributed by atoms with Gasteiger partial charge < -0.3 is 20.1 Å². The fourth-order valence-electron chi connectivity index (χ4n) is 5.01. The Morgan fingerprint density at radius 2 is 1.61 bits per heavy atom. The Hall–Kier alpha value is -2.86. The van der Waals surface area contributed by atoms with Crippen LogP contribution in [0.1, 0.15) is 23.2 Å². The molecule has 0 aliphatic carbocycles. The zero-order valence-corrected chi connectivity index (χ0v) is 20.8. The molecule has 0 bridgehead atoms. The number of nitrogens with zero attached hydrogens (tertiary/aromatic N) is 3. The number of hydrogen-bond donors (Lipinski definition) is 1. The average Bonchev–Trinajstić information content (AvgIpc) is 2.92. The zero-order valence-electron chi connectivity index (χ0n) is 20.0. The second-order valence-electron chi connectivity index (χ2n) is 9.26. The van der Waals surface area contributed by atoms with Crippen molar-refractivity contribution in [1.82, 2.24) is 9.21 Å². The molecule has 2 aromatic rings. The van der Waals surface area contributed by atoms with Crippen molar-refractivity contribution < 1.29 is 27.5 Å². The molecule has 2 unspecified atom stereocenters. The van der Waals surface area contributed by atoms with E-state index in [0.29, 0.717) is 44.6 Å². The molecule has 0 radical (unpaired) electrons. The first-order valence-electron chi connectivity index (χ1n) is 12.1. The van der Waals surface area contributed by atoms with Crippen LogP contribution in [-0.4, -0.2) is 81.0 Å². The molecule has 194 valence electrons. The van der Waals surface area contributed by atoms with Crippen LogP contribution in [0, 0.1) is 16.9 Å². The molecule has 2 heterocycles. The maximum Gasteiger partial charge on any atom is 0.300 e. The Kier molecular flexibility index (Phi) is 8.35. The maximum absolute atomic E-state index is 13.2. The van der Waals surface area contributed by atoms with Crippen molar-refractivity contribution in [3.63, 3.8) is 0 Å². The second-order valence-corrected chi connectivity index (χ2v) is 11.3. The SMILES string of the molecule is O=C[NH+]([O-])C(CS(=O)(=O)N1CCN(c2ccc(F)cc2)CC1)C1CCN(C(=O)c2ccccc2)CC1. The second kappa shape index (κ2) is 11.5. The summed E-state index contributed by atoms with van der Waals surface area (Å²) in [4.78, 5) is 27.8. The molecule has 2 atom stereocenters. The van der Waals surface area contributed by atoms with Gasteiger partial charge in [0.2, 0.25) is 10.0 Å². The standard InChI is InChI=1S/C25H31FN4O5S/c26-22-6-8-23(9-7-22)27-14-16-29(17-15-27)36(34,35)18-24(30(33)19-31)20-10-12-28(13-11-20)25(32)21-4-2-1-3-5-21/h1-9,19-20,24,30H,10-18H2. The van der Waals surface area contributed by atoms with Gasteiger partial charge in [-0.15, -0.1) is 0 Å². The topological polar surface area (TPSA) is 106 Å². The van der Waals surface area contributed by atoms with Gasteiger partial charge in [-0.2, -0.15) is 4.31 Å². The van der Waals surface area contributed by atoms with Gasteiger partial charge in [0.05, 0.1) is 0 Å². The van der Waals surface area contributed by atoms with Crippen LogP contribution >= 0.6 is 0 Å². The summed E-state index contributed by atoms with van der Waals surface area (Å²) in [6.07, 6.45) is 1.13. The lowest BCUT2D eigenvalue weighted by Crippen LogP contribution is -3.12. The Bertz CT molecular complexity index is 1130. The minimum atomic E-state index is -3.79. The number of rotatable bonds is 8. The lowest BCUT2D eigenvalue weighted by molar-refractivity contribution is -0.787. The minimum absolute atomic E-state index is 0.0982. The number of piperidine rings is 1. The molecule has 1 N–H and O–H groups in total. The molecule has 0 saturated carbocycles. The molecule has 2 fully saturated rings. The number of sulfonamides is 1. The first kappa shape index (κ1) is 26.2. The van der Waals surface area contributed by atoms with Crippen LogP contribution in [0.4, 0.5) is 10.1 Å². The van der Waals surface area contributed by atoms with Gasteiger partial charge in [-0.3, -0.25) is 4.79 Å². The molecule has 2 aromatic carbocycles. The third-order valence-electron chi connectivity index (χ3n) is 7.11. The van der Waals surface area contributed by atoms with Gasteiger partial charge in [-0.05, 0) is 49.2 Å². The molecule has 36 heavy (non-hydrogen) atoms. The van der Waals surface area contributed by atoms with Crippen LogP contribution in [0.5, 0.6) is 0 Å². The monoisotopic (exact) mass is 518 g/mol. The Morgan fingerprint density at radius 3 is 2.19 bits per heavy atom. The highest BCUT2D eigenvalue weighted by Gasteiger charge is 2.38. The van der Waals surface area contributed by atoms with E-state index < -0.39 is 26.9 Å². The Labute approximate surface area is 210 Å². The molecule has 0 aromatic heterocycles. The summed E-state index contributed by atoms with van der Waals surface area (Å²) < 4.78 is 41.0. The predicted octanol–water partition coefficient (Wildman–Crippen LogP) is 0.738. The van der Waals surface area contributed by atoms with Crippen molar-refractivity contribution in [3.8, 4) is 0 Å². The highest BCUT2D eigenvalue weighted by molar-refractivity contribution is 7.89. The predicted molar refractivity (Wildman–Crippen MR) is 133 cm³/mol. The van der Waals surface area contributed by atoms with Gasteiger partial charge in [0.15, 0.2) is 0 Å². The Morgan fingerprint density at radius 1 is 1.00 bits per heavy atom. The molecular weight excluding hydrogens is 487 g/mol. The lowest BCUT2D eigenvalue weighted by atomic mass is 9.90. The highest BCUT2D eigenvalue weighted by Crippen LogP contribution is 2.24. The number of piperazine rings is 1. The van der Waals surface area contributed by atoms with Gasteiger partial charge >= 0.3 is 0 Å². The van der Waals surface area contributed by atoms with Crippen LogP contribution in [0.15, 0.2) is 54.6 Å². The number of halogens is 1. The quantitative estimate of drug-likeness (QED) is 0.408. The number of anilines is 1. The van der Waals surface area contributed by atoms with Crippen LogP contribution in [-0.2, 0) is 14.8 Å². The molecule has 0 spiro atoms. The van der Waals surface area contributed by atoms with Crippen LogP contribution in [0.3, 0.4) is 0 Å². The van der Waals surface area contributed by atoms with E-state index in [4.69, 9.17) is 0 Å². The molecule has 2 saturated heterocycles. The highest BCUT2D eigenvalue weighted by atomic mass is 32.2. The minimum Gasteiger partial charge on any atom is -0.627 e. The van der Waals surface area contributed by atoms with E-state index in [9.17, 15) is 27.6 Å². The van der Waals surface area contributed by atoms with E-state index in [1.165, 1.54) is 16.4 Å². The van der Waals surface area contributed by atoms with Crippen LogP contribution in [0.25, 0.3) is 0 Å². The molecule has 2 aliphatic heterocycles. The number of hydrogen-bond acceptors (Lipinski definition) is 6. The normalized spacial score (nSPS) is 19.6. The number of benzene rings is 2. The summed E-state index contributed by atoms with van der Waals surface area (Å²) in [5.41, 5.74) is 1.40. The fourth-order valence-corrected chi connectivity index (χ4v) is 6.84. The maximum atomic E-state index is 13.2. The summed E-state index contributed by atoms with van der Waals surface area (Å²) in [6, 6.07) is 14.0. The van der Waals surface area contributed by atoms with Crippen molar-refractivity contribution in [2.24, 2.45) is 5.92 Å². The lowest BCUT2D eigenvalue weighted by Gasteiger charge is -2.40. The number of carbonyl (C=O) groups is 2. The molecule has 11 heteroatoms. The number of nitrogens with one attached hydrogen (secondary N) is 1. The van der Waals surface area contributed by atoms with Gasteiger partial charge in [-0.1, -0.05) is 18.2 Å². The van der Waals surface area contributed by atoms with E-state index in [-0.39, 0.29) is 37.1 Å². The fraction of sp³-hybridized carbons (Fsp3) is 0.440. The number of likely N-dealkylation sites (tertiary alicyclic amines) is 1. The number of amides is 2. The van der Waals surface area contributed by atoms with Crippen LogP contribution < -0.4 is 9.96 Å². The van der Waals surface area contributed by atoms with Crippen molar-refractivity contribution in [2.75, 3.05) is 49.9 Å². The molecule has 9 nitrogen and oxygen atoms in total. The Balaban J connectivity index is 1.36. The van der Waals surface area contributed by atoms with Crippen molar-refractivity contribution in [2.45, 2.75) is 18.9 Å². The summed E-state index contributed by atoms with van der Waals surface area (Å²) in [5, 5.41) is 11.8. The first-order chi connectivity index (χ1) is 17.3. The molecule has 2 aliphatic rings. The van der Waals surface area contributed by atoms with E-state index in [2.05, 4.69) is 0 Å². The van der Waals surface area contributed by atoms with E-state index in [1.807, 2.05) is 11.0 Å². The average molecular weight is 519 g/mol. The molecule has 2 amide bonds. The largest absolute Gasteiger partial charge is 0.627 e. The van der Waals surface area contributed by atoms with E-state index in [0.717, 1.165) is 5.69 Å². The van der Waals surface area contributed by atoms with E-state index in [1.54, 1.807) is 41.3 Å². The van der Waals surface area contributed by atoms with Gasteiger partial charge in [0.1, 0.15) is 17.6 Å². The summed E-state index contributed by atoms with van der Waals surface area (Å²) in [6.45, 7) is 2.17. The third kappa shape index (κ3) is 6.09. The smallest absolute Gasteiger partial charge is 0.300 e. The van der Waals surface area contributed by atoms with Gasteiger partial charge in [0, 0.05) is 56.4 Å². The van der Waals surface area contributed by atoms with Crippen LogP contribution in [0.2, 0.25) is 0 Å². The number of carbonyl (C=O) groups excluding carboxylic acids is 2. The molecular formula is C25H31FN4O5S. The van der Waals surface area contributed by atoms with Crippen molar-refractivity contribution in [3.05, 3.63) is 71.2 Å². The van der Waals surface area contributed by atoms with E-state index >= 15 is 0 Å². The first-order valence-corrected chi connectivity index (χ1v) is 13.7. The zero-order chi connectivity index (χ0) is 25.7. The summed E-state index contributed by atoms with van der Waals surface area (Å²) in [5.74, 6) is -1.14. The third-order valence-corrected chi connectivity index (χ3v) is 9.04. The summed E-state index contributed by atoms with van der Waals surface area (Å²) >= 11 is 0. The molecule has 4 rings (SSSR count). The number of hydroxylamine groups is 2. The van der Waals surface area contributed by atoms with Gasteiger partial charge in [0.25, 0.3) is 12.3 Å². The number of quaternary nitrogens is 1. The van der Waals surface area contributed by atoms with Crippen molar-refractivity contribution >= 4 is 28.0 Å².